The molecule has 0 fully saturated rings. The smallest absolute Gasteiger partial charge is 0.160 e. The lowest BCUT2D eigenvalue weighted by Crippen LogP contribution is -2.09. The van der Waals surface area contributed by atoms with Gasteiger partial charge in [-0.3, -0.25) is 0 Å². The zero-order chi connectivity index (χ0) is 33.0. The molecule has 236 valence electrons. The van der Waals surface area contributed by atoms with Gasteiger partial charge in [-0.1, -0.05) is 91.0 Å². The summed E-state index contributed by atoms with van der Waals surface area (Å²) in [5, 5.41) is 5.55. The monoisotopic (exact) mass is 659 g/mol. The Morgan fingerprint density at radius 1 is 0.440 bits per heavy atom. The number of rotatable bonds is 7. The van der Waals surface area contributed by atoms with Crippen LogP contribution in [0.5, 0.6) is 0 Å². The molecule has 0 aliphatic carbocycles. The molecule has 0 radical (unpaired) electrons. The van der Waals surface area contributed by atoms with Gasteiger partial charge in [0, 0.05) is 55.5 Å². The van der Waals surface area contributed by atoms with Gasteiger partial charge in [0.2, 0.25) is 0 Å². The van der Waals surface area contributed by atoms with Crippen molar-refractivity contribution in [3.8, 4) is 10.6 Å². The van der Waals surface area contributed by atoms with Crippen LogP contribution in [-0.4, -0.2) is 4.98 Å². The first-order chi connectivity index (χ1) is 24.8. The highest BCUT2D eigenvalue weighted by Gasteiger charge is 2.25. The van der Waals surface area contributed by atoms with E-state index in [1.165, 1.54) is 4.70 Å². The number of aromatic nitrogens is 1. The van der Waals surface area contributed by atoms with Gasteiger partial charge in [0.25, 0.3) is 0 Å². The summed E-state index contributed by atoms with van der Waals surface area (Å²) in [6, 6.07) is 61.5. The van der Waals surface area contributed by atoms with E-state index in [1.807, 2.05) is 0 Å². The van der Waals surface area contributed by atoms with Crippen molar-refractivity contribution in [2.75, 3.05) is 9.80 Å². The van der Waals surface area contributed by atoms with Gasteiger partial charge in [0.15, 0.2) is 5.58 Å². The van der Waals surface area contributed by atoms with Gasteiger partial charge in [-0.25, -0.2) is 4.98 Å². The Hall–Kier alpha value is -6.43. The van der Waals surface area contributed by atoms with E-state index in [0.29, 0.717) is 0 Å². The van der Waals surface area contributed by atoms with Gasteiger partial charge in [0.05, 0.1) is 15.9 Å². The van der Waals surface area contributed by atoms with Crippen LogP contribution in [0.25, 0.3) is 53.5 Å². The van der Waals surface area contributed by atoms with Gasteiger partial charge < -0.3 is 14.2 Å². The summed E-state index contributed by atoms with van der Waals surface area (Å²) in [5.41, 5.74) is 10.4. The number of nitrogens with zero attached hydrogens (tertiary/aromatic N) is 3. The van der Waals surface area contributed by atoms with Crippen LogP contribution in [0.1, 0.15) is 0 Å². The van der Waals surface area contributed by atoms with Crippen LogP contribution in [0.2, 0.25) is 0 Å². The maximum Gasteiger partial charge on any atom is 0.160 e. The second-order valence-corrected chi connectivity index (χ2v) is 13.4. The highest BCUT2D eigenvalue weighted by molar-refractivity contribution is 7.22. The molecule has 8 aromatic carbocycles. The third-order valence-corrected chi connectivity index (χ3v) is 10.6. The van der Waals surface area contributed by atoms with Crippen molar-refractivity contribution in [3.05, 3.63) is 176 Å². The molecule has 2 aromatic heterocycles. The highest BCUT2D eigenvalue weighted by atomic mass is 32.1. The van der Waals surface area contributed by atoms with Gasteiger partial charge in [0.1, 0.15) is 10.6 Å². The fraction of sp³-hybridized carbons (Fsp3) is 0. The summed E-state index contributed by atoms with van der Waals surface area (Å²) >= 11 is 1.75. The molecule has 0 aliphatic heterocycles. The number of furan rings is 1. The van der Waals surface area contributed by atoms with Gasteiger partial charge in [-0.05, 0) is 84.9 Å². The van der Waals surface area contributed by atoms with E-state index in [9.17, 15) is 0 Å². The highest BCUT2D eigenvalue weighted by Crippen LogP contribution is 2.50. The molecule has 5 heteroatoms. The molecule has 0 N–H and O–H groups in total. The minimum absolute atomic E-state index is 0.874. The summed E-state index contributed by atoms with van der Waals surface area (Å²) < 4.78 is 7.93. The lowest BCUT2D eigenvalue weighted by molar-refractivity contribution is 0.669. The van der Waals surface area contributed by atoms with Crippen molar-refractivity contribution < 1.29 is 4.42 Å². The third kappa shape index (κ3) is 4.55. The number of anilines is 6. The molecule has 0 saturated carbocycles. The normalized spacial score (nSPS) is 11.6. The zero-order valence-electron chi connectivity index (χ0n) is 26.9. The zero-order valence-corrected chi connectivity index (χ0v) is 27.7. The predicted molar refractivity (Wildman–Crippen MR) is 210 cm³/mol. The molecule has 50 heavy (non-hydrogen) atoms. The average Bonchev–Trinajstić information content (AvgIpc) is 3.81. The lowest BCUT2D eigenvalue weighted by atomic mass is 9.99. The van der Waals surface area contributed by atoms with Crippen LogP contribution < -0.4 is 9.80 Å². The van der Waals surface area contributed by atoms with E-state index < -0.39 is 0 Å². The molecule has 0 unspecified atom stereocenters. The largest absolute Gasteiger partial charge is 0.454 e. The van der Waals surface area contributed by atoms with E-state index in [1.54, 1.807) is 11.3 Å². The Kier molecular flexibility index (Phi) is 6.64. The van der Waals surface area contributed by atoms with E-state index >= 15 is 0 Å². The van der Waals surface area contributed by atoms with Crippen LogP contribution in [0, 0.1) is 0 Å². The van der Waals surface area contributed by atoms with Crippen molar-refractivity contribution in [3.63, 3.8) is 0 Å². The summed E-state index contributed by atoms with van der Waals surface area (Å²) in [7, 11) is 0. The number of thiazole rings is 1. The maximum atomic E-state index is 6.76. The fourth-order valence-corrected chi connectivity index (χ4v) is 8.33. The van der Waals surface area contributed by atoms with Crippen molar-refractivity contribution in [2.45, 2.75) is 0 Å². The van der Waals surface area contributed by atoms with Crippen LogP contribution in [0.15, 0.2) is 180 Å². The number of benzene rings is 8. The number of para-hydroxylation sites is 4. The Bertz CT molecular complexity index is 2660. The topological polar surface area (TPSA) is 32.5 Å². The Labute approximate surface area is 293 Å². The molecule has 0 spiro atoms. The molecule has 0 aliphatic rings. The minimum atomic E-state index is 0.874. The molecular weight excluding hydrogens is 631 g/mol. The molecule has 10 rings (SSSR count). The van der Waals surface area contributed by atoms with Crippen molar-refractivity contribution >= 4 is 88.4 Å². The first-order valence-electron chi connectivity index (χ1n) is 16.7. The van der Waals surface area contributed by atoms with Gasteiger partial charge in [-0.2, -0.15) is 0 Å². The summed E-state index contributed by atoms with van der Waals surface area (Å²) in [4.78, 5) is 9.87. The number of fused-ring (bicyclic) bond motifs is 3. The Morgan fingerprint density at radius 3 is 1.56 bits per heavy atom. The van der Waals surface area contributed by atoms with Crippen LogP contribution >= 0.6 is 11.3 Å². The Balaban J connectivity index is 1.13. The van der Waals surface area contributed by atoms with Crippen molar-refractivity contribution in [1.29, 1.82) is 0 Å². The summed E-state index contributed by atoms with van der Waals surface area (Å²) in [5.74, 6) is 0. The number of hydrogen-bond acceptors (Lipinski definition) is 5. The van der Waals surface area contributed by atoms with Crippen LogP contribution in [-0.2, 0) is 0 Å². The molecule has 2 heterocycles. The fourth-order valence-electron chi connectivity index (χ4n) is 7.21. The molecular formula is C45H29N3OS. The van der Waals surface area contributed by atoms with E-state index in [4.69, 9.17) is 9.40 Å². The molecule has 4 nitrogen and oxygen atoms in total. The third-order valence-electron chi connectivity index (χ3n) is 9.42. The molecule has 0 amide bonds. The molecule has 10 aromatic rings. The van der Waals surface area contributed by atoms with Gasteiger partial charge in [-0.15, -0.1) is 11.3 Å². The second kappa shape index (κ2) is 11.6. The predicted octanol–water partition coefficient (Wildman–Crippen LogP) is 13.4. The first kappa shape index (κ1) is 28.6. The van der Waals surface area contributed by atoms with Crippen molar-refractivity contribution in [2.24, 2.45) is 0 Å². The van der Waals surface area contributed by atoms with Crippen LogP contribution in [0.3, 0.4) is 0 Å². The first-order valence-corrected chi connectivity index (χ1v) is 17.5. The number of hydrogen-bond donors (Lipinski definition) is 0. The van der Waals surface area contributed by atoms with E-state index in [-0.39, 0.29) is 0 Å². The van der Waals surface area contributed by atoms with E-state index in [0.717, 1.165) is 82.9 Å². The quantitative estimate of drug-likeness (QED) is 0.159. The lowest BCUT2D eigenvalue weighted by Gasteiger charge is -2.25. The second-order valence-electron chi connectivity index (χ2n) is 12.4. The molecule has 0 atom stereocenters. The van der Waals surface area contributed by atoms with Crippen molar-refractivity contribution in [1.82, 2.24) is 4.98 Å². The SMILES string of the molecule is c1ccc(N(c2ccccc2)c2ccc(-c3nc4c5cccc6oc7c(N(c8ccccc8)c8ccccc8)ccc(c4s3)c7c65)cc2)cc1. The van der Waals surface area contributed by atoms with Gasteiger partial charge >= 0.3 is 0 Å². The average molecular weight is 660 g/mol. The summed E-state index contributed by atoms with van der Waals surface area (Å²) in [6.45, 7) is 0. The minimum Gasteiger partial charge on any atom is -0.454 e. The molecule has 0 saturated heterocycles. The Morgan fingerprint density at radius 2 is 0.980 bits per heavy atom. The van der Waals surface area contributed by atoms with E-state index in [2.05, 4.69) is 186 Å². The maximum absolute atomic E-state index is 6.76. The molecule has 0 bridgehead atoms. The summed E-state index contributed by atoms with van der Waals surface area (Å²) in [6.07, 6.45) is 0. The van der Waals surface area contributed by atoms with Crippen LogP contribution in [0.4, 0.5) is 34.1 Å². The standard InChI is InChI=1S/C45H29N3OS/c1-5-14-31(15-6-1)47(32-16-7-2-8-17-32)35-26-24-30(25-27-35)45-46-42-36-22-13-23-39-40(36)41-37(44(42)50-45)28-29-38(43(41)49-39)48(33-18-9-3-10-19-33)34-20-11-4-12-21-34/h1-29H.